The second kappa shape index (κ2) is 9.55. The predicted octanol–water partition coefficient (Wildman–Crippen LogP) is 4.46. The van der Waals surface area contributed by atoms with E-state index in [0.717, 1.165) is 35.7 Å². The zero-order chi connectivity index (χ0) is 23.7. The van der Waals surface area contributed by atoms with E-state index in [1.165, 1.54) is 29.7 Å². The van der Waals surface area contributed by atoms with Gasteiger partial charge >= 0.3 is 0 Å². The lowest BCUT2D eigenvalue weighted by Gasteiger charge is -2.30. The molecule has 1 aromatic heterocycles. The maximum atomic E-state index is 13.4. The average Bonchev–Trinajstić information content (AvgIpc) is 3.03. The van der Waals surface area contributed by atoms with Crippen molar-refractivity contribution in [2.75, 3.05) is 13.1 Å². The lowest BCUT2D eigenvalue weighted by Crippen LogP contribution is -2.42. The van der Waals surface area contributed by atoms with Crippen LogP contribution < -0.4 is 5.32 Å². The molecule has 2 N–H and O–H groups in total. The maximum absolute atomic E-state index is 13.4. The van der Waals surface area contributed by atoms with Crippen LogP contribution in [0.3, 0.4) is 0 Å². The molecule has 7 heteroatoms. The molecule has 2 aromatic carbocycles. The number of hydrogen-bond donors (Lipinski definition) is 2. The van der Waals surface area contributed by atoms with Crippen LogP contribution in [-0.2, 0) is 34.2 Å². The number of carbonyl (C=O) groups excluding carboxylic acids is 1. The monoisotopic (exact) mass is 479 g/mol. The summed E-state index contributed by atoms with van der Waals surface area (Å²) in [5, 5.41) is 4.06. The number of nitrogens with one attached hydrogen (secondary N) is 2. The van der Waals surface area contributed by atoms with Gasteiger partial charge in [-0.25, -0.2) is 8.42 Å². The first-order chi connectivity index (χ1) is 16.4. The third-order valence-electron chi connectivity index (χ3n) is 7.37. The van der Waals surface area contributed by atoms with Gasteiger partial charge in [0.05, 0.1) is 4.90 Å². The third kappa shape index (κ3) is 4.64. The predicted molar refractivity (Wildman–Crippen MR) is 134 cm³/mol. The average molecular weight is 480 g/mol. The summed E-state index contributed by atoms with van der Waals surface area (Å²) in [6.07, 6.45) is 6.67. The van der Waals surface area contributed by atoms with Crippen LogP contribution in [0.1, 0.15) is 54.5 Å². The van der Waals surface area contributed by atoms with Crippen molar-refractivity contribution in [2.45, 2.75) is 63.3 Å². The molecule has 2 aliphatic rings. The van der Waals surface area contributed by atoms with E-state index in [1.54, 1.807) is 10.4 Å². The highest BCUT2D eigenvalue weighted by Gasteiger charge is 2.32. The van der Waals surface area contributed by atoms with Crippen molar-refractivity contribution >= 4 is 26.8 Å². The van der Waals surface area contributed by atoms with Crippen LogP contribution in [0.4, 0.5) is 0 Å². The molecular formula is C27H33N3O3S. The fourth-order valence-corrected chi connectivity index (χ4v) is 6.77. The number of aromatic nitrogens is 1. The van der Waals surface area contributed by atoms with Crippen LogP contribution in [0.25, 0.3) is 10.9 Å². The molecule has 0 saturated carbocycles. The molecule has 180 valence electrons. The van der Waals surface area contributed by atoms with E-state index < -0.39 is 10.0 Å². The van der Waals surface area contributed by atoms with Crippen LogP contribution in [0.2, 0.25) is 0 Å². The van der Waals surface area contributed by atoms with Gasteiger partial charge in [-0.3, -0.25) is 4.79 Å². The van der Waals surface area contributed by atoms with Crippen molar-refractivity contribution in [1.82, 2.24) is 14.6 Å². The number of aromatic amines is 1. The zero-order valence-corrected chi connectivity index (χ0v) is 20.6. The van der Waals surface area contributed by atoms with Crippen molar-refractivity contribution in [3.63, 3.8) is 0 Å². The summed E-state index contributed by atoms with van der Waals surface area (Å²) in [6, 6.07) is 13.6. The highest BCUT2D eigenvalue weighted by Crippen LogP contribution is 2.32. The fourth-order valence-electron chi connectivity index (χ4n) is 5.27. The standard InChI is InChI=1S/C27H33N3O3S/c1-19-7-9-20(10-8-19)18-28-27(31)21-13-15-30(16-14-21)34(32,33)22-11-12-26-24(17-22)23-5-3-2-4-6-25(23)29-26/h7-12,17,21,29H,2-6,13-16,18H2,1H3,(H,28,31). The minimum Gasteiger partial charge on any atom is -0.358 e. The van der Waals surface area contributed by atoms with E-state index in [2.05, 4.69) is 10.3 Å². The SMILES string of the molecule is Cc1ccc(CNC(=O)C2CCN(S(=O)(=O)c3ccc4[nH]c5c(c4c3)CCCCC5)CC2)cc1. The van der Waals surface area contributed by atoms with E-state index >= 15 is 0 Å². The summed E-state index contributed by atoms with van der Waals surface area (Å²) >= 11 is 0. The van der Waals surface area contributed by atoms with Crippen LogP contribution in [0, 0.1) is 12.8 Å². The molecule has 3 aromatic rings. The number of aryl methyl sites for hydroxylation is 3. The Balaban J connectivity index is 1.24. The molecular weight excluding hydrogens is 446 g/mol. The Bertz CT molecular complexity index is 1290. The van der Waals surface area contributed by atoms with Gasteiger partial charge in [0.1, 0.15) is 0 Å². The number of hydrogen-bond acceptors (Lipinski definition) is 3. The lowest BCUT2D eigenvalue weighted by molar-refractivity contribution is -0.126. The number of piperidine rings is 1. The van der Waals surface area contributed by atoms with Gasteiger partial charge in [0.2, 0.25) is 15.9 Å². The number of benzene rings is 2. The zero-order valence-electron chi connectivity index (χ0n) is 19.8. The largest absolute Gasteiger partial charge is 0.358 e. The van der Waals surface area contributed by atoms with E-state index in [4.69, 9.17) is 0 Å². The molecule has 5 rings (SSSR count). The first-order valence-corrected chi connectivity index (χ1v) is 13.8. The van der Waals surface area contributed by atoms with Gasteiger partial charge in [-0.2, -0.15) is 4.31 Å². The van der Waals surface area contributed by atoms with Crippen LogP contribution in [-0.4, -0.2) is 36.7 Å². The van der Waals surface area contributed by atoms with Gasteiger partial charge in [-0.05, 0) is 74.8 Å². The molecule has 0 radical (unpaired) electrons. The Labute approximate surface area is 201 Å². The Kier molecular flexibility index (Phi) is 6.49. The normalized spacial score (nSPS) is 17.9. The summed E-state index contributed by atoms with van der Waals surface area (Å²) in [5.41, 5.74) is 5.83. The summed E-state index contributed by atoms with van der Waals surface area (Å²) in [5.74, 6) is -0.145. The number of rotatable bonds is 5. The van der Waals surface area contributed by atoms with Crippen LogP contribution >= 0.6 is 0 Å². The van der Waals surface area contributed by atoms with Gasteiger partial charge in [0.25, 0.3) is 0 Å². The molecule has 34 heavy (non-hydrogen) atoms. The molecule has 6 nitrogen and oxygen atoms in total. The van der Waals surface area contributed by atoms with Crippen molar-refractivity contribution < 1.29 is 13.2 Å². The topological polar surface area (TPSA) is 82.3 Å². The molecule has 1 saturated heterocycles. The Morgan fingerprint density at radius 1 is 1.03 bits per heavy atom. The molecule has 0 unspecified atom stereocenters. The Morgan fingerprint density at radius 3 is 2.53 bits per heavy atom. The quantitative estimate of drug-likeness (QED) is 0.530. The number of nitrogens with zero attached hydrogens (tertiary/aromatic N) is 1. The number of fused-ring (bicyclic) bond motifs is 3. The van der Waals surface area contributed by atoms with E-state index in [0.29, 0.717) is 37.4 Å². The summed E-state index contributed by atoms with van der Waals surface area (Å²) in [7, 11) is -3.59. The molecule has 0 bridgehead atoms. The van der Waals surface area contributed by atoms with E-state index in [1.807, 2.05) is 43.3 Å². The van der Waals surface area contributed by atoms with Crippen LogP contribution in [0.5, 0.6) is 0 Å². The highest BCUT2D eigenvalue weighted by atomic mass is 32.2. The molecule has 1 amide bonds. The number of sulfonamides is 1. The number of amides is 1. The van der Waals surface area contributed by atoms with Crippen LogP contribution in [0.15, 0.2) is 47.4 Å². The second-order valence-corrected chi connectivity index (χ2v) is 11.7. The molecule has 1 fully saturated rings. The summed E-state index contributed by atoms with van der Waals surface area (Å²) in [6.45, 7) is 3.27. The lowest BCUT2D eigenvalue weighted by atomic mass is 9.97. The van der Waals surface area contributed by atoms with Crippen molar-refractivity contribution in [1.29, 1.82) is 0 Å². The van der Waals surface area contributed by atoms with Crippen molar-refractivity contribution in [3.8, 4) is 0 Å². The number of H-pyrrole nitrogens is 1. The first kappa shape index (κ1) is 23.1. The number of carbonyl (C=O) groups is 1. The molecule has 2 heterocycles. The van der Waals surface area contributed by atoms with Gasteiger partial charge in [-0.1, -0.05) is 36.2 Å². The third-order valence-corrected chi connectivity index (χ3v) is 9.26. The van der Waals surface area contributed by atoms with Crippen molar-refractivity contribution in [2.24, 2.45) is 5.92 Å². The smallest absolute Gasteiger partial charge is 0.243 e. The molecule has 0 spiro atoms. The van der Waals surface area contributed by atoms with Gasteiger partial charge in [0.15, 0.2) is 0 Å². The molecule has 1 aliphatic carbocycles. The summed E-state index contributed by atoms with van der Waals surface area (Å²) in [4.78, 5) is 16.5. The van der Waals surface area contributed by atoms with Crippen molar-refractivity contribution in [3.05, 3.63) is 64.8 Å². The minimum absolute atomic E-state index is 0.00839. The van der Waals surface area contributed by atoms with E-state index in [-0.39, 0.29) is 11.8 Å². The first-order valence-electron chi connectivity index (χ1n) is 12.4. The van der Waals surface area contributed by atoms with Gasteiger partial charge in [0, 0.05) is 42.1 Å². The summed E-state index contributed by atoms with van der Waals surface area (Å²) < 4.78 is 28.4. The highest BCUT2D eigenvalue weighted by molar-refractivity contribution is 7.89. The fraction of sp³-hybridized carbons (Fsp3) is 0.444. The minimum atomic E-state index is -3.59. The second-order valence-electron chi connectivity index (χ2n) is 9.73. The molecule has 0 atom stereocenters. The Hall–Kier alpha value is -2.64. The van der Waals surface area contributed by atoms with Gasteiger partial charge in [-0.15, -0.1) is 0 Å². The van der Waals surface area contributed by atoms with E-state index in [9.17, 15) is 13.2 Å². The Morgan fingerprint density at radius 2 is 1.76 bits per heavy atom. The maximum Gasteiger partial charge on any atom is 0.243 e. The molecule has 1 aliphatic heterocycles. The van der Waals surface area contributed by atoms with Gasteiger partial charge < -0.3 is 10.3 Å².